The highest BCUT2D eigenvalue weighted by molar-refractivity contribution is 5.94. The number of nitrogens with zero attached hydrogens (tertiary/aromatic N) is 2. The molecule has 17 heavy (non-hydrogen) atoms. The predicted molar refractivity (Wildman–Crippen MR) is 59.6 cm³/mol. The molecule has 88 valence electrons. The maximum absolute atomic E-state index is 11.1. The van der Waals surface area contributed by atoms with E-state index in [1.54, 1.807) is 18.5 Å². The molecule has 0 bridgehead atoms. The van der Waals surface area contributed by atoms with Gasteiger partial charge in [-0.2, -0.15) is 0 Å². The van der Waals surface area contributed by atoms with Crippen LogP contribution in [0, 0.1) is 0 Å². The third-order valence-corrected chi connectivity index (χ3v) is 2.37. The van der Waals surface area contributed by atoms with Gasteiger partial charge < -0.3 is 9.52 Å². The van der Waals surface area contributed by atoms with Crippen LogP contribution in [0.25, 0.3) is 0 Å². The molecular formula is C12H12N2O3. The molecule has 0 atom stereocenters. The summed E-state index contributed by atoms with van der Waals surface area (Å²) in [4.78, 5) is 19.1. The largest absolute Gasteiger partial charge is 0.449 e. The zero-order valence-corrected chi connectivity index (χ0v) is 9.17. The van der Waals surface area contributed by atoms with Crippen LogP contribution in [0.1, 0.15) is 21.9 Å². The number of oxazole rings is 1. The monoisotopic (exact) mass is 232 g/mol. The Bertz CT molecular complexity index is 477. The summed E-state index contributed by atoms with van der Waals surface area (Å²) in [5, 5.41) is 8.68. The first-order valence-corrected chi connectivity index (χ1v) is 5.27. The number of hydrogen-bond donors (Lipinski definition) is 1. The van der Waals surface area contributed by atoms with Crippen molar-refractivity contribution in [3.63, 3.8) is 0 Å². The molecule has 0 aliphatic heterocycles. The average molecular weight is 232 g/mol. The molecule has 5 nitrogen and oxygen atoms in total. The van der Waals surface area contributed by atoms with E-state index in [0.29, 0.717) is 12.3 Å². The Morgan fingerprint density at radius 1 is 1.29 bits per heavy atom. The summed E-state index contributed by atoms with van der Waals surface area (Å²) in [5.74, 6) is 0.310. The molecule has 0 fully saturated rings. The molecule has 0 aliphatic rings. The van der Waals surface area contributed by atoms with Crippen LogP contribution in [0.2, 0.25) is 0 Å². The first-order chi connectivity index (χ1) is 8.29. The number of ketones is 1. The van der Waals surface area contributed by atoms with Crippen molar-refractivity contribution in [2.24, 2.45) is 0 Å². The molecule has 2 aromatic heterocycles. The number of aryl methyl sites for hydroxylation is 2. The van der Waals surface area contributed by atoms with Gasteiger partial charge in [0.05, 0.1) is 6.20 Å². The van der Waals surface area contributed by atoms with Crippen LogP contribution in [0.15, 0.2) is 35.2 Å². The Morgan fingerprint density at radius 3 is 2.76 bits per heavy atom. The zero-order valence-electron chi connectivity index (χ0n) is 9.17. The topological polar surface area (TPSA) is 76.2 Å². The molecule has 1 N–H and O–H groups in total. The molecule has 2 heterocycles. The van der Waals surface area contributed by atoms with Gasteiger partial charge in [-0.05, 0) is 18.1 Å². The van der Waals surface area contributed by atoms with E-state index in [9.17, 15) is 4.79 Å². The average Bonchev–Trinajstić information content (AvgIpc) is 2.89. The second-order valence-electron chi connectivity index (χ2n) is 3.56. The van der Waals surface area contributed by atoms with E-state index in [-0.39, 0.29) is 11.5 Å². The Hall–Kier alpha value is -2.01. The van der Waals surface area contributed by atoms with Gasteiger partial charge in [0.1, 0.15) is 18.6 Å². The normalized spacial score (nSPS) is 10.4. The van der Waals surface area contributed by atoms with Crippen molar-refractivity contribution in [3.05, 3.63) is 47.9 Å². The second-order valence-corrected chi connectivity index (χ2v) is 3.56. The highest BCUT2D eigenvalue weighted by Gasteiger charge is 2.05. The van der Waals surface area contributed by atoms with Crippen LogP contribution in [-0.4, -0.2) is 27.5 Å². The number of Topliss-reactive ketones (excluding diaryl/α,β-unsaturated/α-hetero) is 1. The van der Waals surface area contributed by atoms with E-state index in [2.05, 4.69) is 9.97 Å². The SMILES string of the molecule is O=C(CO)c1ccc(CCc2ncco2)cn1. The van der Waals surface area contributed by atoms with Crippen molar-refractivity contribution >= 4 is 5.78 Å². The zero-order chi connectivity index (χ0) is 12.1. The minimum Gasteiger partial charge on any atom is -0.449 e. The molecule has 0 radical (unpaired) electrons. The van der Waals surface area contributed by atoms with Crippen molar-refractivity contribution in [1.82, 2.24) is 9.97 Å². The molecule has 0 aliphatic carbocycles. The Morgan fingerprint density at radius 2 is 2.18 bits per heavy atom. The summed E-state index contributed by atoms with van der Waals surface area (Å²) in [5.41, 5.74) is 1.28. The van der Waals surface area contributed by atoms with Gasteiger partial charge in [-0.3, -0.25) is 9.78 Å². The highest BCUT2D eigenvalue weighted by atomic mass is 16.3. The summed E-state index contributed by atoms with van der Waals surface area (Å²) in [6, 6.07) is 3.43. The first kappa shape index (κ1) is 11.5. The molecule has 0 spiro atoms. The Balaban J connectivity index is 1.96. The summed E-state index contributed by atoms with van der Waals surface area (Å²) < 4.78 is 5.12. The maximum Gasteiger partial charge on any atom is 0.206 e. The van der Waals surface area contributed by atoms with Gasteiger partial charge in [0.25, 0.3) is 0 Å². The fourth-order valence-corrected chi connectivity index (χ4v) is 1.45. The van der Waals surface area contributed by atoms with E-state index < -0.39 is 6.61 Å². The molecule has 0 unspecified atom stereocenters. The maximum atomic E-state index is 11.1. The number of carbonyl (C=O) groups is 1. The molecule has 0 saturated heterocycles. The predicted octanol–water partition coefficient (Wildman–Crippen LogP) is 1.03. The van der Waals surface area contributed by atoms with Crippen molar-refractivity contribution in [1.29, 1.82) is 0 Å². The number of pyridine rings is 1. The number of aliphatic hydroxyl groups excluding tert-OH is 1. The summed E-state index contributed by atoms with van der Waals surface area (Å²) >= 11 is 0. The Kier molecular flexibility index (Phi) is 3.62. The molecule has 0 amide bonds. The lowest BCUT2D eigenvalue weighted by molar-refractivity contribution is 0.0898. The van der Waals surface area contributed by atoms with Crippen molar-refractivity contribution in [3.8, 4) is 0 Å². The molecule has 5 heteroatoms. The van der Waals surface area contributed by atoms with Gasteiger partial charge in [-0.15, -0.1) is 0 Å². The van der Waals surface area contributed by atoms with E-state index in [1.165, 1.54) is 6.26 Å². The van der Waals surface area contributed by atoms with Crippen LogP contribution in [-0.2, 0) is 12.8 Å². The van der Waals surface area contributed by atoms with Gasteiger partial charge in [0.2, 0.25) is 5.78 Å². The standard InChI is InChI=1S/C12H12N2O3/c15-8-11(16)10-3-1-9(7-14-10)2-4-12-13-5-6-17-12/h1,3,5-7,15H,2,4,8H2. The highest BCUT2D eigenvalue weighted by Crippen LogP contribution is 2.06. The third-order valence-electron chi connectivity index (χ3n) is 2.37. The fraction of sp³-hybridized carbons (Fsp3) is 0.250. The van der Waals surface area contributed by atoms with Gasteiger partial charge in [-0.1, -0.05) is 6.07 Å². The van der Waals surface area contributed by atoms with E-state index in [0.717, 1.165) is 12.0 Å². The molecule has 0 aromatic carbocycles. The fourth-order valence-electron chi connectivity index (χ4n) is 1.45. The van der Waals surface area contributed by atoms with Crippen molar-refractivity contribution < 1.29 is 14.3 Å². The number of rotatable bonds is 5. The minimum absolute atomic E-state index is 0.285. The molecule has 2 aromatic rings. The smallest absolute Gasteiger partial charge is 0.206 e. The van der Waals surface area contributed by atoms with Crippen LogP contribution >= 0.6 is 0 Å². The number of carbonyl (C=O) groups excluding carboxylic acids is 1. The number of aliphatic hydroxyl groups is 1. The molecular weight excluding hydrogens is 220 g/mol. The van der Waals surface area contributed by atoms with Crippen LogP contribution in [0.5, 0.6) is 0 Å². The van der Waals surface area contributed by atoms with E-state index in [1.807, 2.05) is 6.07 Å². The van der Waals surface area contributed by atoms with Gasteiger partial charge >= 0.3 is 0 Å². The third kappa shape index (κ3) is 2.98. The second kappa shape index (κ2) is 5.36. The van der Waals surface area contributed by atoms with Gasteiger partial charge in [0, 0.05) is 12.6 Å². The van der Waals surface area contributed by atoms with Crippen LogP contribution in [0.4, 0.5) is 0 Å². The van der Waals surface area contributed by atoms with E-state index in [4.69, 9.17) is 9.52 Å². The van der Waals surface area contributed by atoms with Crippen LogP contribution in [0.3, 0.4) is 0 Å². The molecule has 0 saturated carbocycles. The lowest BCUT2D eigenvalue weighted by Gasteiger charge is -2.00. The van der Waals surface area contributed by atoms with Crippen molar-refractivity contribution in [2.45, 2.75) is 12.8 Å². The van der Waals surface area contributed by atoms with Gasteiger partial charge in [-0.25, -0.2) is 4.98 Å². The summed E-state index contributed by atoms with van der Waals surface area (Å²) in [6.45, 7) is -0.511. The summed E-state index contributed by atoms with van der Waals surface area (Å²) in [6.07, 6.45) is 6.22. The van der Waals surface area contributed by atoms with Gasteiger partial charge in [0.15, 0.2) is 5.89 Å². The lowest BCUT2D eigenvalue weighted by Crippen LogP contribution is -2.07. The quantitative estimate of drug-likeness (QED) is 0.779. The van der Waals surface area contributed by atoms with E-state index >= 15 is 0 Å². The van der Waals surface area contributed by atoms with Crippen LogP contribution < -0.4 is 0 Å². The first-order valence-electron chi connectivity index (χ1n) is 5.27. The Labute approximate surface area is 98.1 Å². The summed E-state index contributed by atoms with van der Waals surface area (Å²) in [7, 11) is 0. The van der Waals surface area contributed by atoms with Crippen molar-refractivity contribution in [2.75, 3.05) is 6.61 Å². The number of hydrogen-bond acceptors (Lipinski definition) is 5. The molecule has 2 rings (SSSR count). The lowest BCUT2D eigenvalue weighted by atomic mass is 10.1. The number of aromatic nitrogens is 2. The minimum atomic E-state index is -0.511.